The highest BCUT2D eigenvalue weighted by molar-refractivity contribution is 6.01. The summed E-state index contributed by atoms with van der Waals surface area (Å²) in [5.41, 5.74) is 6.58. The zero-order valence-electron chi connectivity index (χ0n) is 14.6. The summed E-state index contributed by atoms with van der Waals surface area (Å²) in [5, 5.41) is 7.34. The molecule has 1 atom stereocenters. The Labute approximate surface area is 143 Å². The van der Waals surface area contributed by atoms with Gasteiger partial charge in [0.1, 0.15) is 5.75 Å². The lowest BCUT2D eigenvalue weighted by molar-refractivity contribution is -0.119. The smallest absolute Gasteiger partial charge is 0.259 e. The standard InChI is InChI=1S/C19H25N3O2/c1-13(2)15-10-9-14(3)17(11-15)21-22-19(23)12-20-16-7-5-6-8-18(16)24-4/h5-9,15,20H,1,10-12H2,2-4H3,(H,22,23)/b21-17+/t15-/m1/s1. The monoisotopic (exact) mass is 327 g/mol. The number of nitrogens with zero attached hydrogens (tertiary/aromatic N) is 1. The van der Waals surface area contributed by atoms with Crippen LogP contribution in [0, 0.1) is 5.92 Å². The quantitative estimate of drug-likeness (QED) is 0.621. The first-order valence-corrected chi connectivity index (χ1v) is 8.06. The zero-order chi connectivity index (χ0) is 17.5. The van der Waals surface area contributed by atoms with E-state index >= 15 is 0 Å². The molecule has 0 aromatic heterocycles. The minimum absolute atomic E-state index is 0.129. The molecule has 2 rings (SSSR count). The van der Waals surface area contributed by atoms with Crippen molar-refractivity contribution >= 4 is 17.3 Å². The highest BCUT2D eigenvalue weighted by Gasteiger charge is 2.18. The van der Waals surface area contributed by atoms with Gasteiger partial charge in [-0.15, -0.1) is 0 Å². The number of nitrogens with one attached hydrogen (secondary N) is 2. The lowest BCUT2D eigenvalue weighted by Crippen LogP contribution is -2.28. The van der Waals surface area contributed by atoms with Crippen LogP contribution in [0.2, 0.25) is 0 Å². The number of carbonyl (C=O) groups excluding carboxylic acids is 1. The maximum Gasteiger partial charge on any atom is 0.259 e. The van der Waals surface area contributed by atoms with Crippen LogP contribution in [0.3, 0.4) is 0 Å². The highest BCUT2D eigenvalue weighted by atomic mass is 16.5. The van der Waals surface area contributed by atoms with Crippen molar-refractivity contribution in [2.45, 2.75) is 26.7 Å². The molecule has 0 aliphatic heterocycles. The van der Waals surface area contributed by atoms with Crippen LogP contribution in [0.25, 0.3) is 0 Å². The van der Waals surface area contributed by atoms with Gasteiger partial charge in [0, 0.05) is 0 Å². The second kappa shape index (κ2) is 8.34. The van der Waals surface area contributed by atoms with Gasteiger partial charge in [-0.25, -0.2) is 5.43 Å². The molecule has 0 bridgehead atoms. The molecule has 1 aliphatic carbocycles. The Morgan fingerprint density at radius 1 is 1.42 bits per heavy atom. The maximum absolute atomic E-state index is 12.0. The van der Waals surface area contributed by atoms with Gasteiger partial charge in [0.05, 0.1) is 25.1 Å². The Balaban J connectivity index is 1.91. The van der Waals surface area contributed by atoms with Gasteiger partial charge in [-0.2, -0.15) is 5.10 Å². The summed E-state index contributed by atoms with van der Waals surface area (Å²) in [6, 6.07) is 7.47. The lowest BCUT2D eigenvalue weighted by atomic mass is 9.85. The number of amides is 1. The van der Waals surface area contributed by atoms with E-state index in [2.05, 4.69) is 28.5 Å². The first-order chi connectivity index (χ1) is 11.5. The van der Waals surface area contributed by atoms with Gasteiger partial charge in [-0.3, -0.25) is 4.79 Å². The van der Waals surface area contributed by atoms with Crippen LogP contribution >= 0.6 is 0 Å². The molecule has 0 saturated heterocycles. The van der Waals surface area contributed by atoms with E-state index in [1.807, 2.05) is 38.1 Å². The van der Waals surface area contributed by atoms with E-state index in [1.54, 1.807) is 7.11 Å². The SMILES string of the molecule is C=C(C)[C@@H]1CC=C(C)/C(=N/NC(=O)CNc2ccccc2OC)C1. The number of hydrogen-bond acceptors (Lipinski definition) is 4. The van der Waals surface area contributed by atoms with Gasteiger partial charge in [0.25, 0.3) is 5.91 Å². The molecule has 24 heavy (non-hydrogen) atoms. The topological polar surface area (TPSA) is 62.7 Å². The number of methoxy groups -OCH3 is 1. The summed E-state index contributed by atoms with van der Waals surface area (Å²) in [6.45, 7) is 8.20. The van der Waals surface area contributed by atoms with Crippen molar-refractivity contribution in [3.63, 3.8) is 0 Å². The van der Waals surface area contributed by atoms with Crippen LogP contribution in [0.1, 0.15) is 26.7 Å². The number of hydrazone groups is 1. The number of benzene rings is 1. The number of para-hydroxylation sites is 2. The Morgan fingerprint density at radius 2 is 2.17 bits per heavy atom. The summed E-state index contributed by atoms with van der Waals surface area (Å²) in [6.07, 6.45) is 3.96. The normalized spacial score (nSPS) is 18.7. The molecule has 5 nitrogen and oxygen atoms in total. The molecule has 5 heteroatoms. The predicted octanol–water partition coefficient (Wildman–Crippen LogP) is 3.51. The second-order valence-corrected chi connectivity index (χ2v) is 6.02. The highest BCUT2D eigenvalue weighted by Crippen LogP contribution is 2.26. The molecule has 0 heterocycles. The molecular weight excluding hydrogens is 302 g/mol. The van der Waals surface area contributed by atoms with E-state index in [0.29, 0.717) is 11.7 Å². The Morgan fingerprint density at radius 3 is 2.88 bits per heavy atom. The average Bonchev–Trinajstić information content (AvgIpc) is 2.59. The Bertz CT molecular complexity index is 677. The minimum Gasteiger partial charge on any atom is -0.495 e. The maximum atomic E-state index is 12.0. The molecule has 1 amide bonds. The van der Waals surface area contributed by atoms with E-state index in [9.17, 15) is 4.79 Å². The number of anilines is 1. The van der Waals surface area contributed by atoms with Gasteiger partial charge >= 0.3 is 0 Å². The van der Waals surface area contributed by atoms with Gasteiger partial charge in [-0.1, -0.05) is 30.4 Å². The van der Waals surface area contributed by atoms with Gasteiger partial charge < -0.3 is 10.1 Å². The van der Waals surface area contributed by atoms with Crippen molar-refractivity contribution in [1.29, 1.82) is 0 Å². The van der Waals surface area contributed by atoms with Crippen LogP contribution in [0.4, 0.5) is 5.69 Å². The zero-order valence-corrected chi connectivity index (χ0v) is 14.6. The van der Waals surface area contributed by atoms with E-state index in [0.717, 1.165) is 35.4 Å². The molecule has 1 aliphatic rings. The van der Waals surface area contributed by atoms with Crippen molar-refractivity contribution in [3.8, 4) is 5.75 Å². The third-order valence-corrected chi connectivity index (χ3v) is 4.16. The molecule has 128 valence electrons. The summed E-state index contributed by atoms with van der Waals surface area (Å²) < 4.78 is 5.24. The lowest BCUT2D eigenvalue weighted by Gasteiger charge is -2.22. The van der Waals surface area contributed by atoms with E-state index in [-0.39, 0.29) is 12.5 Å². The summed E-state index contributed by atoms with van der Waals surface area (Å²) in [5.74, 6) is 0.904. The number of ether oxygens (including phenoxy) is 1. The van der Waals surface area contributed by atoms with Crippen molar-refractivity contribution < 1.29 is 9.53 Å². The molecule has 0 fully saturated rings. The molecular formula is C19H25N3O2. The minimum atomic E-state index is -0.196. The largest absolute Gasteiger partial charge is 0.495 e. The van der Waals surface area contributed by atoms with Crippen LogP contribution in [0.5, 0.6) is 5.75 Å². The van der Waals surface area contributed by atoms with Crippen LogP contribution in [-0.2, 0) is 4.79 Å². The van der Waals surface area contributed by atoms with Gasteiger partial charge in [0.2, 0.25) is 0 Å². The fraction of sp³-hybridized carbons (Fsp3) is 0.368. The van der Waals surface area contributed by atoms with Crippen molar-refractivity contribution in [1.82, 2.24) is 5.43 Å². The number of allylic oxidation sites excluding steroid dienone is 3. The Hall–Kier alpha value is -2.56. The molecule has 2 N–H and O–H groups in total. The van der Waals surface area contributed by atoms with Gasteiger partial charge in [0.15, 0.2) is 0 Å². The van der Waals surface area contributed by atoms with E-state index < -0.39 is 0 Å². The predicted molar refractivity (Wildman–Crippen MR) is 98.4 cm³/mol. The van der Waals surface area contributed by atoms with Crippen LogP contribution in [0.15, 0.2) is 53.2 Å². The average molecular weight is 327 g/mol. The molecule has 1 aromatic rings. The molecule has 0 spiro atoms. The van der Waals surface area contributed by atoms with E-state index in [4.69, 9.17) is 4.74 Å². The summed E-state index contributed by atoms with van der Waals surface area (Å²) in [4.78, 5) is 12.0. The molecule has 0 radical (unpaired) electrons. The van der Waals surface area contributed by atoms with Crippen LogP contribution < -0.4 is 15.5 Å². The first kappa shape index (κ1) is 17.8. The van der Waals surface area contributed by atoms with Crippen LogP contribution in [-0.4, -0.2) is 25.3 Å². The molecule has 0 saturated carbocycles. The second-order valence-electron chi connectivity index (χ2n) is 6.02. The van der Waals surface area contributed by atoms with Crippen molar-refractivity contribution in [2.75, 3.05) is 19.0 Å². The summed E-state index contributed by atoms with van der Waals surface area (Å²) >= 11 is 0. The number of rotatable bonds is 6. The van der Waals surface area contributed by atoms with Crippen molar-refractivity contribution in [2.24, 2.45) is 11.0 Å². The third kappa shape index (κ3) is 4.72. The fourth-order valence-corrected chi connectivity index (χ4v) is 2.56. The Kier molecular flexibility index (Phi) is 6.18. The van der Waals surface area contributed by atoms with Crippen molar-refractivity contribution in [3.05, 3.63) is 48.1 Å². The molecule has 1 aromatic carbocycles. The number of carbonyl (C=O) groups is 1. The number of hydrogen-bond donors (Lipinski definition) is 2. The van der Waals surface area contributed by atoms with Gasteiger partial charge in [-0.05, 0) is 50.3 Å². The third-order valence-electron chi connectivity index (χ3n) is 4.16. The van der Waals surface area contributed by atoms with E-state index in [1.165, 1.54) is 0 Å². The fourth-order valence-electron chi connectivity index (χ4n) is 2.56. The first-order valence-electron chi connectivity index (χ1n) is 8.06. The summed E-state index contributed by atoms with van der Waals surface area (Å²) in [7, 11) is 1.60. The molecule has 0 unspecified atom stereocenters.